The molecule has 1 N–H and O–H groups in total. The van der Waals surface area contributed by atoms with E-state index in [9.17, 15) is 4.79 Å². The van der Waals surface area contributed by atoms with Crippen LogP contribution < -0.4 is 5.32 Å². The van der Waals surface area contributed by atoms with E-state index < -0.39 is 0 Å². The van der Waals surface area contributed by atoms with Crippen LogP contribution in [0.5, 0.6) is 0 Å². The summed E-state index contributed by atoms with van der Waals surface area (Å²) >= 11 is 0. The molecule has 0 radical (unpaired) electrons. The summed E-state index contributed by atoms with van der Waals surface area (Å²) in [5.41, 5.74) is 0. The number of aromatic nitrogens is 1. The Kier molecular flexibility index (Phi) is 2.63. The quantitative estimate of drug-likeness (QED) is 0.782. The van der Waals surface area contributed by atoms with Gasteiger partial charge in [0, 0.05) is 19.1 Å². The Balaban J connectivity index is 1.82. The summed E-state index contributed by atoms with van der Waals surface area (Å²) in [5.74, 6) is 1.44. The molecule has 0 spiro atoms. The predicted octanol–water partition coefficient (Wildman–Crippen LogP) is 0.807. The molecule has 1 aromatic rings. The minimum atomic E-state index is -0.0588. The van der Waals surface area contributed by atoms with Gasteiger partial charge < -0.3 is 14.6 Å². The Bertz CT molecular complexity index is 425. The Morgan fingerprint density at radius 2 is 2.41 bits per heavy atom. The summed E-state index contributed by atoms with van der Waals surface area (Å²) in [4.78, 5) is 18.3. The van der Waals surface area contributed by atoms with Gasteiger partial charge in [-0.25, -0.2) is 4.98 Å². The van der Waals surface area contributed by atoms with Crippen LogP contribution in [0.2, 0.25) is 0 Å². The first-order chi connectivity index (χ1) is 8.24. The number of hydrogen-bond acceptors (Lipinski definition) is 4. The Morgan fingerprint density at radius 1 is 1.53 bits per heavy atom. The summed E-state index contributed by atoms with van der Waals surface area (Å²) in [6.07, 6.45) is 3.90. The molecule has 2 atom stereocenters. The summed E-state index contributed by atoms with van der Waals surface area (Å²) in [5, 5.41) is 3.41. The maximum atomic E-state index is 12.3. The Hall–Kier alpha value is -1.36. The number of hydrogen-bond donors (Lipinski definition) is 1. The van der Waals surface area contributed by atoms with Gasteiger partial charge in [-0.2, -0.15) is 0 Å². The van der Waals surface area contributed by atoms with Crippen LogP contribution in [-0.2, 0) is 0 Å². The van der Waals surface area contributed by atoms with Gasteiger partial charge in [0.1, 0.15) is 5.76 Å². The van der Waals surface area contributed by atoms with Crippen molar-refractivity contribution in [3.05, 3.63) is 17.8 Å². The topological polar surface area (TPSA) is 58.4 Å². The number of nitrogens with one attached hydrogen (secondary N) is 1. The third-order valence-corrected chi connectivity index (χ3v) is 3.68. The van der Waals surface area contributed by atoms with Crippen LogP contribution in [0, 0.1) is 12.8 Å². The molecular formula is C12H17N3O2. The fourth-order valence-corrected chi connectivity index (χ4v) is 2.76. The van der Waals surface area contributed by atoms with Gasteiger partial charge in [-0.15, -0.1) is 0 Å². The van der Waals surface area contributed by atoms with Gasteiger partial charge in [0.15, 0.2) is 0 Å². The molecule has 0 saturated carbocycles. The van der Waals surface area contributed by atoms with Crippen molar-refractivity contribution < 1.29 is 9.21 Å². The van der Waals surface area contributed by atoms with Gasteiger partial charge in [-0.3, -0.25) is 4.79 Å². The van der Waals surface area contributed by atoms with Gasteiger partial charge in [-0.05, 0) is 32.2 Å². The largest absolute Gasteiger partial charge is 0.438 e. The molecule has 0 aliphatic carbocycles. The first kappa shape index (κ1) is 10.8. The van der Waals surface area contributed by atoms with E-state index in [0.717, 1.165) is 26.1 Å². The predicted molar refractivity (Wildman–Crippen MR) is 61.7 cm³/mol. The zero-order valence-corrected chi connectivity index (χ0v) is 9.98. The van der Waals surface area contributed by atoms with Gasteiger partial charge in [0.2, 0.25) is 0 Å². The first-order valence-corrected chi connectivity index (χ1v) is 6.18. The highest BCUT2D eigenvalue weighted by Gasteiger charge is 2.35. The average Bonchev–Trinajstić information content (AvgIpc) is 2.55. The van der Waals surface area contributed by atoms with Gasteiger partial charge in [0.05, 0.1) is 6.20 Å². The van der Waals surface area contributed by atoms with Gasteiger partial charge in [-0.1, -0.05) is 0 Å². The van der Waals surface area contributed by atoms with Gasteiger partial charge >= 0.3 is 5.91 Å². The highest BCUT2D eigenvalue weighted by atomic mass is 16.4. The number of aryl methyl sites for hydroxylation is 1. The maximum Gasteiger partial charge on any atom is 0.310 e. The molecule has 4 heterocycles. The van der Waals surface area contributed by atoms with Crippen LogP contribution in [-0.4, -0.2) is 41.5 Å². The first-order valence-electron chi connectivity index (χ1n) is 6.18. The molecule has 4 rings (SSSR count). The van der Waals surface area contributed by atoms with Crippen molar-refractivity contribution in [3.8, 4) is 0 Å². The highest BCUT2D eigenvalue weighted by molar-refractivity contribution is 5.90. The second kappa shape index (κ2) is 4.14. The maximum absolute atomic E-state index is 12.3. The van der Waals surface area contributed by atoms with Crippen LogP contribution in [0.15, 0.2) is 10.6 Å². The minimum absolute atomic E-state index is 0.0588. The van der Waals surface area contributed by atoms with Crippen LogP contribution in [0.3, 0.4) is 0 Å². The van der Waals surface area contributed by atoms with Crippen molar-refractivity contribution in [2.24, 2.45) is 5.92 Å². The van der Waals surface area contributed by atoms with Crippen LogP contribution in [0.25, 0.3) is 0 Å². The van der Waals surface area contributed by atoms with E-state index in [4.69, 9.17) is 4.42 Å². The van der Waals surface area contributed by atoms with Crippen LogP contribution in [0.4, 0.5) is 0 Å². The molecule has 2 bridgehead atoms. The number of nitrogens with zero attached hydrogens (tertiary/aromatic N) is 2. The monoisotopic (exact) mass is 235 g/mol. The van der Waals surface area contributed by atoms with Crippen molar-refractivity contribution >= 4 is 5.91 Å². The molecule has 5 heteroatoms. The van der Waals surface area contributed by atoms with E-state index in [0.29, 0.717) is 17.7 Å². The molecule has 92 valence electrons. The lowest BCUT2D eigenvalue weighted by Crippen LogP contribution is -2.47. The SMILES string of the molecule is Cc1cnc(C(=O)N2CC3CCC2CNC3)o1. The van der Waals surface area contributed by atoms with Crippen LogP contribution in [0.1, 0.15) is 29.3 Å². The molecule has 3 fully saturated rings. The molecule has 3 saturated heterocycles. The number of carbonyl (C=O) groups excluding carboxylic acids is 1. The molecule has 0 aromatic carbocycles. The lowest BCUT2D eigenvalue weighted by molar-refractivity contribution is 0.0549. The third kappa shape index (κ3) is 1.95. The fourth-order valence-electron chi connectivity index (χ4n) is 2.76. The van der Waals surface area contributed by atoms with Crippen molar-refractivity contribution in [3.63, 3.8) is 0 Å². The Labute approximate surface area is 100 Å². The van der Waals surface area contributed by atoms with E-state index in [1.807, 2.05) is 4.90 Å². The molecule has 17 heavy (non-hydrogen) atoms. The van der Waals surface area contributed by atoms with Crippen LogP contribution >= 0.6 is 0 Å². The minimum Gasteiger partial charge on any atom is -0.438 e. The molecule has 5 nitrogen and oxygen atoms in total. The smallest absolute Gasteiger partial charge is 0.310 e. The number of fused-ring (bicyclic) bond motifs is 4. The fraction of sp³-hybridized carbons (Fsp3) is 0.667. The molecule has 3 aliphatic heterocycles. The Morgan fingerprint density at radius 3 is 3.18 bits per heavy atom. The number of carbonyl (C=O) groups is 1. The van der Waals surface area contributed by atoms with E-state index in [2.05, 4.69) is 10.3 Å². The summed E-state index contributed by atoms with van der Waals surface area (Å²) in [6.45, 7) is 4.55. The number of rotatable bonds is 1. The normalized spacial score (nSPS) is 28.2. The van der Waals surface area contributed by atoms with E-state index in [1.165, 1.54) is 6.42 Å². The standard InChI is InChI=1S/C12H17N3O2/c1-8-4-14-11(17-8)12(16)15-7-9-2-3-10(15)6-13-5-9/h4,9-10,13H,2-3,5-7H2,1H3. The highest BCUT2D eigenvalue weighted by Crippen LogP contribution is 2.25. The summed E-state index contributed by atoms with van der Waals surface area (Å²) < 4.78 is 5.32. The van der Waals surface area contributed by atoms with Crippen molar-refractivity contribution in [1.29, 1.82) is 0 Å². The molecule has 1 aromatic heterocycles. The number of amides is 1. The van der Waals surface area contributed by atoms with E-state index >= 15 is 0 Å². The van der Waals surface area contributed by atoms with Crippen molar-refractivity contribution in [1.82, 2.24) is 15.2 Å². The van der Waals surface area contributed by atoms with E-state index in [-0.39, 0.29) is 11.8 Å². The summed E-state index contributed by atoms with van der Waals surface area (Å²) in [6, 6.07) is 0.299. The second-order valence-corrected chi connectivity index (χ2v) is 4.99. The molecule has 2 unspecified atom stereocenters. The lowest BCUT2D eigenvalue weighted by Gasteiger charge is -2.35. The lowest BCUT2D eigenvalue weighted by atomic mass is 9.95. The third-order valence-electron chi connectivity index (χ3n) is 3.68. The zero-order chi connectivity index (χ0) is 11.8. The molecular weight excluding hydrogens is 218 g/mol. The van der Waals surface area contributed by atoms with Crippen molar-refractivity contribution in [2.45, 2.75) is 25.8 Å². The van der Waals surface area contributed by atoms with Gasteiger partial charge in [0.25, 0.3) is 5.89 Å². The van der Waals surface area contributed by atoms with Crippen molar-refractivity contribution in [2.75, 3.05) is 19.6 Å². The number of piperidine rings is 1. The van der Waals surface area contributed by atoms with E-state index in [1.54, 1.807) is 13.1 Å². The zero-order valence-electron chi connectivity index (χ0n) is 9.98. The molecule has 3 aliphatic rings. The summed E-state index contributed by atoms with van der Waals surface area (Å²) in [7, 11) is 0. The molecule has 1 amide bonds. The average molecular weight is 235 g/mol. The number of oxazole rings is 1. The second-order valence-electron chi connectivity index (χ2n) is 4.99.